The Kier molecular flexibility index (Phi) is 3.44. The van der Waals surface area contributed by atoms with Gasteiger partial charge in [-0.1, -0.05) is 28.1 Å². The third kappa shape index (κ3) is 2.35. The lowest BCUT2D eigenvalue weighted by atomic mass is 9.92. The molecule has 1 aliphatic carbocycles. The van der Waals surface area contributed by atoms with E-state index >= 15 is 0 Å². The molecule has 0 saturated carbocycles. The fourth-order valence-corrected chi connectivity index (χ4v) is 2.26. The maximum atomic E-state index is 11.6. The first kappa shape index (κ1) is 11.4. The molecule has 0 atom stereocenters. The van der Waals surface area contributed by atoms with Gasteiger partial charge in [0.2, 0.25) is 0 Å². The predicted octanol–water partition coefficient (Wildman–Crippen LogP) is 3.04. The Morgan fingerprint density at radius 2 is 2.25 bits per heavy atom. The Labute approximate surface area is 103 Å². The molecule has 0 aliphatic heterocycles. The summed E-state index contributed by atoms with van der Waals surface area (Å²) < 4.78 is 6.09. The van der Waals surface area contributed by atoms with Crippen molar-refractivity contribution >= 4 is 21.9 Å². The Hall–Kier alpha value is -1.09. The van der Waals surface area contributed by atoms with E-state index in [1.165, 1.54) is 11.1 Å². The van der Waals surface area contributed by atoms with Gasteiger partial charge in [-0.05, 0) is 36.6 Å². The lowest BCUT2D eigenvalue weighted by Gasteiger charge is -2.16. The van der Waals surface area contributed by atoms with Crippen molar-refractivity contribution in [1.29, 1.82) is 0 Å². The van der Waals surface area contributed by atoms with Crippen molar-refractivity contribution in [2.75, 3.05) is 6.61 Å². The van der Waals surface area contributed by atoms with Crippen LogP contribution in [0.3, 0.4) is 0 Å². The van der Waals surface area contributed by atoms with Gasteiger partial charge in [-0.15, -0.1) is 0 Å². The van der Waals surface area contributed by atoms with Crippen molar-refractivity contribution in [3.63, 3.8) is 0 Å². The maximum Gasteiger partial charge on any atom is 0.334 e. The molecule has 0 unspecified atom stereocenters. The zero-order valence-electron chi connectivity index (χ0n) is 9.13. The first-order valence-corrected chi connectivity index (χ1v) is 6.13. The van der Waals surface area contributed by atoms with Crippen LogP contribution in [0, 0.1) is 0 Å². The molecule has 1 aliphatic rings. The largest absolute Gasteiger partial charge is 0.463 e. The zero-order chi connectivity index (χ0) is 11.5. The molecule has 0 saturated heterocycles. The summed E-state index contributed by atoms with van der Waals surface area (Å²) in [5.41, 5.74) is 3.27. The number of hydrogen-bond acceptors (Lipinski definition) is 2. The number of fused-ring (bicyclic) bond motifs is 1. The number of benzene rings is 1. The number of hydrogen-bond donors (Lipinski definition) is 0. The summed E-state index contributed by atoms with van der Waals surface area (Å²) in [7, 11) is 0. The smallest absolute Gasteiger partial charge is 0.334 e. The molecule has 0 heterocycles. The van der Waals surface area contributed by atoms with Crippen molar-refractivity contribution in [2.45, 2.75) is 19.8 Å². The van der Waals surface area contributed by atoms with E-state index in [0.717, 1.165) is 16.5 Å². The highest BCUT2D eigenvalue weighted by molar-refractivity contribution is 9.10. The Balaban J connectivity index is 2.18. The summed E-state index contributed by atoms with van der Waals surface area (Å²) in [4.78, 5) is 11.6. The standard InChI is InChI=1S/C13H13BrO2/c1-2-16-13(15)11-4-3-10-8-12(14)6-5-9(10)7-11/h4-6,8H,2-3,7H2,1H3. The monoisotopic (exact) mass is 280 g/mol. The SMILES string of the molecule is CCOC(=O)C1=CCc2cc(Br)ccc2C1. The minimum atomic E-state index is -0.184. The minimum Gasteiger partial charge on any atom is -0.463 e. The molecule has 0 fully saturated rings. The van der Waals surface area contributed by atoms with Crippen molar-refractivity contribution in [3.05, 3.63) is 45.4 Å². The highest BCUT2D eigenvalue weighted by Gasteiger charge is 2.17. The van der Waals surface area contributed by atoms with Gasteiger partial charge in [0.25, 0.3) is 0 Å². The Morgan fingerprint density at radius 1 is 1.44 bits per heavy atom. The number of carbonyl (C=O) groups excluding carboxylic acids is 1. The first-order chi connectivity index (χ1) is 7.70. The van der Waals surface area contributed by atoms with Crippen molar-refractivity contribution in [3.8, 4) is 0 Å². The zero-order valence-corrected chi connectivity index (χ0v) is 10.7. The van der Waals surface area contributed by atoms with Crippen LogP contribution >= 0.6 is 15.9 Å². The summed E-state index contributed by atoms with van der Waals surface area (Å²) >= 11 is 3.45. The van der Waals surface area contributed by atoms with E-state index in [4.69, 9.17) is 4.74 Å². The lowest BCUT2D eigenvalue weighted by molar-refractivity contribution is -0.138. The van der Waals surface area contributed by atoms with Gasteiger partial charge in [0.1, 0.15) is 0 Å². The molecule has 0 N–H and O–H groups in total. The van der Waals surface area contributed by atoms with E-state index in [1.54, 1.807) is 0 Å². The molecule has 0 amide bonds. The average Bonchev–Trinajstić information content (AvgIpc) is 2.28. The normalized spacial score (nSPS) is 14.0. The van der Waals surface area contributed by atoms with Crippen LogP contribution in [0.4, 0.5) is 0 Å². The summed E-state index contributed by atoms with van der Waals surface area (Å²) in [6.45, 7) is 2.26. The number of allylic oxidation sites excluding steroid dienone is 1. The quantitative estimate of drug-likeness (QED) is 0.779. The third-order valence-corrected chi connectivity index (χ3v) is 3.15. The van der Waals surface area contributed by atoms with Crippen molar-refractivity contribution < 1.29 is 9.53 Å². The van der Waals surface area contributed by atoms with Crippen molar-refractivity contribution in [1.82, 2.24) is 0 Å². The van der Waals surface area contributed by atoms with Crippen LogP contribution in [0.1, 0.15) is 18.1 Å². The fourth-order valence-electron chi connectivity index (χ4n) is 1.85. The first-order valence-electron chi connectivity index (χ1n) is 5.34. The summed E-state index contributed by atoms with van der Waals surface area (Å²) in [5, 5.41) is 0. The molecule has 0 radical (unpaired) electrons. The molecule has 1 aromatic rings. The van der Waals surface area contributed by atoms with Gasteiger partial charge in [0.05, 0.1) is 6.61 Å². The minimum absolute atomic E-state index is 0.184. The van der Waals surface area contributed by atoms with E-state index in [9.17, 15) is 4.79 Å². The van der Waals surface area contributed by atoms with Crippen LogP contribution in [0.15, 0.2) is 34.3 Å². The highest BCUT2D eigenvalue weighted by atomic mass is 79.9. The van der Waals surface area contributed by atoms with Gasteiger partial charge in [-0.3, -0.25) is 0 Å². The second-order valence-corrected chi connectivity index (χ2v) is 4.66. The molecule has 3 heteroatoms. The van der Waals surface area contributed by atoms with E-state index < -0.39 is 0 Å². The summed E-state index contributed by atoms with van der Waals surface area (Å²) in [6, 6.07) is 6.17. The highest BCUT2D eigenvalue weighted by Crippen LogP contribution is 2.24. The van der Waals surface area contributed by atoms with E-state index in [0.29, 0.717) is 13.0 Å². The van der Waals surface area contributed by atoms with Gasteiger partial charge >= 0.3 is 5.97 Å². The maximum absolute atomic E-state index is 11.6. The summed E-state index contributed by atoms with van der Waals surface area (Å²) in [6.07, 6.45) is 3.46. The molecule has 16 heavy (non-hydrogen) atoms. The molecule has 0 spiro atoms. The lowest BCUT2D eigenvalue weighted by Crippen LogP contribution is -2.14. The number of ether oxygens (including phenoxy) is 1. The predicted molar refractivity (Wildman–Crippen MR) is 66.3 cm³/mol. The molecule has 2 nitrogen and oxygen atoms in total. The Morgan fingerprint density at radius 3 is 3.00 bits per heavy atom. The second-order valence-electron chi connectivity index (χ2n) is 3.74. The van der Waals surface area contributed by atoms with Crippen LogP contribution in [-0.4, -0.2) is 12.6 Å². The topological polar surface area (TPSA) is 26.3 Å². The van der Waals surface area contributed by atoms with Gasteiger partial charge in [-0.25, -0.2) is 4.79 Å². The van der Waals surface area contributed by atoms with E-state index in [1.807, 2.05) is 19.1 Å². The molecular formula is C13H13BrO2. The number of carbonyl (C=O) groups is 1. The van der Waals surface area contributed by atoms with E-state index in [-0.39, 0.29) is 5.97 Å². The average molecular weight is 281 g/mol. The molecule has 2 rings (SSSR count). The van der Waals surface area contributed by atoms with Crippen LogP contribution in [0.5, 0.6) is 0 Å². The Bertz CT molecular complexity index is 449. The van der Waals surface area contributed by atoms with Crippen LogP contribution in [-0.2, 0) is 22.4 Å². The van der Waals surface area contributed by atoms with E-state index in [2.05, 4.69) is 28.1 Å². The molecule has 1 aromatic carbocycles. The summed E-state index contributed by atoms with van der Waals surface area (Å²) in [5.74, 6) is -0.184. The number of esters is 1. The van der Waals surface area contributed by atoms with Crippen LogP contribution < -0.4 is 0 Å². The molecule has 84 valence electrons. The third-order valence-electron chi connectivity index (χ3n) is 2.66. The van der Waals surface area contributed by atoms with Gasteiger partial charge in [-0.2, -0.15) is 0 Å². The molecule has 0 aromatic heterocycles. The van der Waals surface area contributed by atoms with Gasteiger partial charge < -0.3 is 4.74 Å². The second kappa shape index (κ2) is 4.83. The number of halogens is 1. The van der Waals surface area contributed by atoms with Crippen LogP contribution in [0.2, 0.25) is 0 Å². The molecule has 0 bridgehead atoms. The fraction of sp³-hybridized carbons (Fsp3) is 0.308. The van der Waals surface area contributed by atoms with Crippen molar-refractivity contribution in [2.24, 2.45) is 0 Å². The molecular weight excluding hydrogens is 268 g/mol. The van der Waals surface area contributed by atoms with Crippen LogP contribution in [0.25, 0.3) is 0 Å². The van der Waals surface area contributed by atoms with Gasteiger partial charge in [0.15, 0.2) is 0 Å². The van der Waals surface area contributed by atoms with Gasteiger partial charge in [0, 0.05) is 16.5 Å². The number of rotatable bonds is 2.